The van der Waals surface area contributed by atoms with Crippen molar-refractivity contribution in [3.63, 3.8) is 0 Å². The van der Waals surface area contributed by atoms with Gasteiger partial charge in [-0.05, 0) is 43.7 Å². The van der Waals surface area contributed by atoms with Crippen LogP contribution in [0.4, 0.5) is 11.4 Å². The van der Waals surface area contributed by atoms with Gasteiger partial charge in [-0.15, -0.1) is 0 Å². The highest BCUT2D eigenvalue weighted by atomic mass is 16.5. The fraction of sp³-hybridized carbons (Fsp3) is 0.176. The monoisotopic (exact) mass is 298 g/mol. The molecule has 0 fully saturated rings. The van der Waals surface area contributed by atoms with Crippen molar-refractivity contribution in [3.8, 4) is 0 Å². The zero-order valence-corrected chi connectivity index (χ0v) is 12.6. The van der Waals surface area contributed by atoms with Gasteiger partial charge in [0.15, 0.2) is 0 Å². The van der Waals surface area contributed by atoms with Crippen LogP contribution in [-0.2, 0) is 4.74 Å². The number of amides is 1. The molecule has 0 aliphatic heterocycles. The maximum atomic E-state index is 12.3. The summed E-state index contributed by atoms with van der Waals surface area (Å²) < 4.78 is 4.98. The van der Waals surface area contributed by atoms with E-state index in [9.17, 15) is 9.59 Å². The van der Waals surface area contributed by atoms with Crippen molar-refractivity contribution in [2.75, 3.05) is 17.7 Å². The van der Waals surface area contributed by atoms with Crippen LogP contribution in [0.15, 0.2) is 42.5 Å². The molecule has 0 heterocycles. The van der Waals surface area contributed by atoms with Crippen molar-refractivity contribution in [1.82, 2.24) is 0 Å². The Bertz CT molecular complexity index is 711. The lowest BCUT2D eigenvalue weighted by molar-refractivity contribution is 0.0527. The summed E-state index contributed by atoms with van der Waals surface area (Å²) in [6.45, 7) is 3.90. The molecule has 0 atom stereocenters. The number of nitrogens with one attached hydrogen (secondary N) is 1. The normalized spacial score (nSPS) is 10.1. The first-order chi connectivity index (χ1) is 10.5. The number of rotatable bonds is 4. The summed E-state index contributed by atoms with van der Waals surface area (Å²) in [6, 6.07) is 11.9. The number of nitrogens with two attached hydrogens (primary N) is 1. The number of aryl methyl sites for hydroxylation is 1. The van der Waals surface area contributed by atoms with Gasteiger partial charge < -0.3 is 15.8 Å². The van der Waals surface area contributed by atoms with Crippen molar-refractivity contribution >= 4 is 23.3 Å². The zero-order chi connectivity index (χ0) is 16.1. The predicted molar refractivity (Wildman–Crippen MR) is 85.9 cm³/mol. The van der Waals surface area contributed by atoms with Gasteiger partial charge in [0.05, 0.1) is 23.4 Å². The molecule has 3 N–H and O–H groups in total. The standard InChI is InChI=1S/C17H18N2O3/c1-3-22-17(21)13-6-4-5-7-15(13)19-16(20)12-9-8-11(2)10-14(12)18/h4-10H,3,18H2,1-2H3,(H,19,20). The Morgan fingerprint density at radius 1 is 1.14 bits per heavy atom. The number of hydrogen-bond donors (Lipinski definition) is 2. The molecule has 0 radical (unpaired) electrons. The number of hydrogen-bond acceptors (Lipinski definition) is 4. The third-order valence-electron chi connectivity index (χ3n) is 3.12. The Morgan fingerprint density at radius 2 is 1.86 bits per heavy atom. The molecular weight excluding hydrogens is 280 g/mol. The Hall–Kier alpha value is -2.82. The molecule has 0 spiro atoms. The predicted octanol–water partition coefficient (Wildman–Crippen LogP) is 3.01. The molecule has 2 rings (SSSR count). The average molecular weight is 298 g/mol. The third kappa shape index (κ3) is 3.44. The molecule has 1 amide bonds. The van der Waals surface area contributed by atoms with Gasteiger partial charge in [-0.2, -0.15) is 0 Å². The lowest BCUT2D eigenvalue weighted by Gasteiger charge is -2.11. The van der Waals surface area contributed by atoms with Gasteiger partial charge in [-0.1, -0.05) is 18.2 Å². The number of carbonyl (C=O) groups excluding carboxylic acids is 2. The molecule has 114 valence electrons. The van der Waals surface area contributed by atoms with Crippen LogP contribution >= 0.6 is 0 Å². The van der Waals surface area contributed by atoms with Gasteiger partial charge in [-0.25, -0.2) is 4.79 Å². The Labute approximate surface area is 129 Å². The molecule has 0 bridgehead atoms. The molecule has 0 saturated heterocycles. The summed E-state index contributed by atoms with van der Waals surface area (Å²) in [7, 11) is 0. The molecule has 2 aromatic carbocycles. The Balaban J connectivity index is 2.27. The van der Waals surface area contributed by atoms with Crippen LogP contribution in [0.3, 0.4) is 0 Å². The minimum Gasteiger partial charge on any atom is -0.462 e. The van der Waals surface area contributed by atoms with E-state index in [2.05, 4.69) is 5.32 Å². The van der Waals surface area contributed by atoms with Crippen molar-refractivity contribution in [2.24, 2.45) is 0 Å². The number of ether oxygens (including phenoxy) is 1. The third-order valence-corrected chi connectivity index (χ3v) is 3.12. The van der Waals surface area contributed by atoms with E-state index >= 15 is 0 Å². The maximum Gasteiger partial charge on any atom is 0.340 e. The maximum absolute atomic E-state index is 12.3. The van der Waals surface area contributed by atoms with Crippen molar-refractivity contribution in [3.05, 3.63) is 59.2 Å². The summed E-state index contributed by atoms with van der Waals surface area (Å²) in [5.74, 6) is -0.843. The van der Waals surface area contributed by atoms with Crippen LogP contribution in [0, 0.1) is 6.92 Å². The van der Waals surface area contributed by atoms with E-state index in [0.717, 1.165) is 5.56 Å². The molecule has 0 aromatic heterocycles. The van der Waals surface area contributed by atoms with Crippen LogP contribution in [0.2, 0.25) is 0 Å². The lowest BCUT2D eigenvalue weighted by atomic mass is 10.1. The first-order valence-corrected chi connectivity index (χ1v) is 6.96. The molecule has 0 aliphatic rings. The second kappa shape index (κ2) is 6.76. The average Bonchev–Trinajstić information content (AvgIpc) is 2.47. The number of esters is 1. The van der Waals surface area contributed by atoms with Crippen LogP contribution in [0.25, 0.3) is 0 Å². The number of para-hydroxylation sites is 1. The van der Waals surface area contributed by atoms with Crippen LogP contribution in [0.5, 0.6) is 0 Å². The fourth-order valence-electron chi connectivity index (χ4n) is 2.06. The first-order valence-electron chi connectivity index (χ1n) is 6.96. The summed E-state index contributed by atoms with van der Waals surface area (Å²) in [4.78, 5) is 24.2. The quantitative estimate of drug-likeness (QED) is 0.671. The highest BCUT2D eigenvalue weighted by Gasteiger charge is 2.16. The minimum atomic E-state index is -0.477. The van der Waals surface area contributed by atoms with Crippen LogP contribution < -0.4 is 11.1 Å². The fourth-order valence-corrected chi connectivity index (χ4v) is 2.06. The van der Waals surface area contributed by atoms with E-state index in [1.54, 1.807) is 43.3 Å². The first kappa shape index (κ1) is 15.6. The number of benzene rings is 2. The van der Waals surface area contributed by atoms with Crippen molar-refractivity contribution < 1.29 is 14.3 Å². The van der Waals surface area contributed by atoms with E-state index in [0.29, 0.717) is 22.5 Å². The van der Waals surface area contributed by atoms with E-state index in [1.807, 2.05) is 13.0 Å². The largest absolute Gasteiger partial charge is 0.462 e. The highest BCUT2D eigenvalue weighted by Crippen LogP contribution is 2.20. The summed E-state index contributed by atoms with van der Waals surface area (Å²) in [6.07, 6.45) is 0. The topological polar surface area (TPSA) is 81.4 Å². The van der Waals surface area contributed by atoms with Gasteiger partial charge in [0.2, 0.25) is 0 Å². The van der Waals surface area contributed by atoms with Gasteiger partial charge in [-0.3, -0.25) is 4.79 Å². The van der Waals surface area contributed by atoms with E-state index in [-0.39, 0.29) is 12.5 Å². The van der Waals surface area contributed by atoms with E-state index < -0.39 is 5.97 Å². The minimum absolute atomic E-state index is 0.270. The van der Waals surface area contributed by atoms with E-state index in [1.165, 1.54) is 0 Å². The van der Waals surface area contributed by atoms with Crippen molar-refractivity contribution in [2.45, 2.75) is 13.8 Å². The summed E-state index contributed by atoms with van der Waals surface area (Å²) in [5.41, 5.74) is 8.30. The van der Waals surface area contributed by atoms with Gasteiger partial charge in [0, 0.05) is 5.69 Å². The highest BCUT2D eigenvalue weighted by molar-refractivity contribution is 6.10. The summed E-state index contributed by atoms with van der Waals surface area (Å²) in [5, 5.41) is 2.71. The number of carbonyl (C=O) groups is 2. The molecule has 22 heavy (non-hydrogen) atoms. The second-order valence-electron chi connectivity index (χ2n) is 4.81. The van der Waals surface area contributed by atoms with Crippen LogP contribution in [0.1, 0.15) is 33.2 Å². The molecule has 5 heteroatoms. The molecule has 5 nitrogen and oxygen atoms in total. The Kier molecular flexibility index (Phi) is 4.78. The molecular formula is C17H18N2O3. The zero-order valence-electron chi connectivity index (χ0n) is 12.6. The lowest BCUT2D eigenvalue weighted by Crippen LogP contribution is -2.17. The van der Waals surface area contributed by atoms with E-state index in [4.69, 9.17) is 10.5 Å². The van der Waals surface area contributed by atoms with Gasteiger partial charge >= 0.3 is 5.97 Å². The summed E-state index contributed by atoms with van der Waals surface area (Å²) >= 11 is 0. The smallest absolute Gasteiger partial charge is 0.340 e. The number of nitrogen functional groups attached to an aromatic ring is 1. The van der Waals surface area contributed by atoms with Crippen LogP contribution in [-0.4, -0.2) is 18.5 Å². The van der Waals surface area contributed by atoms with Gasteiger partial charge in [0.25, 0.3) is 5.91 Å². The Morgan fingerprint density at radius 3 is 2.55 bits per heavy atom. The molecule has 0 unspecified atom stereocenters. The second-order valence-corrected chi connectivity index (χ2v) is 4.81. The SMILES string of the molecule is CCOC(=O)c1ccccc1NC(=O)c1ccc(C)cc1N. The molecule has 2 aromatic rings. The number of anilines is 2. The van der Waals surface area contributed by atoms with Gasteiger partial charge in [0.1, 0.15) is 0 Å². The van der Waals surface area contributed by atoms with Crippen molar-refractivity contribution in [1.29, 1.82) is 0 Å². The molecule has 0 aliphatic carbocycles. The molecule has 0 saturated carbocycles.